The van der Waals surface area contributed by atoms with Crippen LogP contribution in [0.4, 0.5) is 0 Å². The van der Waals surface area contributed by atoms with Gasteiger partial charge < -0.3 is 0 Å². The van der Waals surface area contributed by atoms with Crippen molar-refractivity contribution in [1.29, 1.82) is 0 Å². The van der Waals surface area contributed by atoms with Gasteiger partial charge in [0.25, 0.3) is 0 Å². The van der Waals surface area contributed by atoms with Gasteiger partial charge in [0.05, 0.1) is 11.3 Å². The number of aliphatic imine (C=N–C) groups is 1. The smallest absolute Gasteiger partial charge is 0.233 e. The third-order valence-corrected chi connectivity index (χ3v) is 0.942. The first-order valence-electron chi connectivity index (χ1n) is 2.42. The Kier molecular flexibility index (Phi) is 3.25. The number of nitrogens with zero attached hydrogens (tertiary/aromatic N) is 1. The largest absolute Gasteiger partial charge is 0.276 e. The van der Waals surface area contributed by atoms with Crippen molar-refractivity contribution in [3.05, 3.63) is 5.57 Å². The minimum Gasteiger partial charge on any atom is -0.276 e. The van der Waals surface area contributed by atoms with Gasteiger partial charge in [-0.05, 0) is 13.8 Å². The molecule has 0 aliphatic carbocycles. The SMILES string of the molecule is CC(=C=O)C(C)=NC=O. The first-order valence-corrected chi connectivity index (χ1v) is 2.42. The molecule has 0 aromatic rings. The van der Waals surface area contributed by atoms with Gasteiger partial charge in [0.2, 0.25) is 6.41 Å². The maximum Gasteiger partial charge on any atom is 0.233 e. The fourth-order valence-corrected chi connectivity index (χ4v) is 0.250. The van der Waals surface area contributed by atoms with E-state index in [-0.39, 0.29) is 0 Å². The van der Waals surface area contributed by atoms with E-state index in [2.05, 4.69) is 4.99 Å². The number of rotatable bonds is 2. The molecule has 0 fully saturated rings. The highest BCUT2D eigenvalue weighted by molar-refractivity contribution is 6.06. The first-order chi connectivity index (χ1) is 4.22. The first kappa shape index (κ1) is 7.79. The van der Waals surface area contributed by atoms with Gasteiger partial charge >= 0.3 is 0 Å². The number of carbonyl (C=O) groups is 1. The highest BCUT2D eigenvalue weighted by Gasteiger charge is 1.91. The van der Waals surface area contributed by atoms with Gasteiger partial charge in [-0.3, -0.25) is 4.79 Å². The van der Waals surface area contributed by atoms with Crippen molar-refractivity contribution in [2.24, 2.45) is 4.99 Å². The van der Waals surface area contributed by atoms with E-state index in [0.717, 1.165) is 0 Å². The summed E-state index contributed by atoms with van der Waals surface area (Å²) in [5.74, 6) is 1.63. The highest BCUT2D eigenvalue weighted by atomic mass is 16.1. The van der Waals surface area contributed by atoms with Crippen molar-refractivity contribution >= 4 is 18.1 Å². The molecule has 0 aliphatic heterocycles. The molecule has 0 rings (SSSR count). The minimum absolute atomic E-state index is 0.363. The molecule has 9 heavy (non-hydrogen) atoms. The lowest BCUT2D eigenvalue weighted by molar-refractivity contribution is -0.106. The topological polar surface area (TPSA) is 46.5 Å². The summed E-state index contributed by atoms with van der Waals surface area (Å²) in [6, 6.07) is 0. The van der Waals surface area contributed by atoms with Gasteiger partial charge in [-0.15, -0.1) is 0 Å². The highest BCUT2D eigenvalue weighted by Crippen LogP contribution is 1.88. The van der Waals surface area contributed by atoms with Crippen LogP contribution in [0.25, 0.3) is 0 Å². The Morgan fingerprint density at radius 3 is 2.44 bits per heavy atom. The van der Waals surface area contributed by atoms with E-state index in [4.69, 9.17) is 0 Å². The zero-order chi connectivity index (χ0) is 7.28. The Hall–Kier alpha value is -1.21. The van der Waals surface area contributed by atoms with Crippen LogP contribution in [0, 0.1) is 0 Å². The Balaban J connectivity index is 4.38. The van der Waals surface area contributed by atoms with Crippen LogP contribution in [0.2, 0.25) is 0 Å². The Morgan fingerprint density at radius 1 is 1.56 bits per heavy atom. The maximum absolute atomic E-state index is 9.86. The van der Waals surface area contributed by atoms with E-state index >= 15 is 0 Å². The van der Waals surface area contributed by atoms with Crippen molar-refractivity contribution in [2.75, 3.05) is 0 Å². The Bertz CT molecular complexity index is 187. The summed E-state index contributed by atoms with van der Waals surface area (Å²) in [6.07, 6.45) is 0.399. The second-order valence-corrected chi connectivity index (χ2v) is 1.55. The summed E-state index contributed by atoms with van der Waals surface area (Å²) in [5.41, 5.74) is 0.780. The monoisotopic (exact) mass is 125 g/mol. The van der Waals surface area contributed by atoms with Crippen LogP contribution in [-0.2, 0) is 9.59 Å². The number of hydrogen-bond acceptors (Lipinski definition) is 2. The molecule has 0 aliphatic rings. The molecule has 0 aromatic carbocycles. The molecule has 0 bridgehead atoms. The van der Waals surface area contributed by atoms with Crippen molar-refractivity contribution in [3.8, 4) is 0 Å². The van der Waals surface area contributed by atoms with Crippen LogP contribution >= 0.6 is 0 Å². The number of allylic oxidation sites excluding steroid dienone is 1. The van der Waals surface area contributed by atoms with E-state index in [1.54, 1.807) is 19.8 Å². The standard InChI is InChI=1S/C6H7NO2/c1-5(3-8)6(2)7-4-9/h4H,1-2H3. The van der Waals surface area contributed by atoms with Crippen molar-refractivity contribution in [1.82, 2.24) is 0 Å². The van der Waals surface area contributed by atoms with Gasteiger partial charge in [0.1, 0.15) is 5.94 Å². The van der Waals surface area contributed by atoms with Gasteiger partial charge in [0.15, 0.2) is 0 Å². The van der Waals surface area contributed by atoms with Gasteiger partial charge in [-0.2, -0.15) is 0 Å². The summed E-state index contributed by atoms with van der Waals surface area (Å²) in [5, 5.41) is 0. The molecular weight excluding hydrogens is 118 g/mol. The molecule has 0 aromatic heterocycles. The molecule has 3 nitrogen and oxygen atoms in total. The molecular formula is C6H7NO2. The van der Waals surface area contributed by atoms with Crippen LogP contribution < -0.4 is 0 Å². The van der Waals surface area contributed by atoms with E-state index < -0.39 is 0 Å². The third kappa shape index (κ3) is 2.57. The van der Waals surface area contributed by atoms with Gasteiger partial charge in [-0.25, -0.2) is 9.79 Å². The quantitative estimate of drug-likeness (QED) is 0.304. The molecule has 0 heterocycles. The Labute approximate surface area is 53.1 Å². The summed E-state index contributed by atoms with van der Waals surface area (Å²) in [6.45, 7) is 3.13. The third-order valence-electron chi connectivity index (χ3n) is 0.942. The lowest BCUT2D eigenvalue weighted by Crippen LogP contribution is -1.93. The molecule has 0 spiro atoms. The van der Waals surface area contributed by atoms with Crippen LogP contribution in [-0.4, -0.2) is 18.1 Å². The molecule has 0 unspecified atom stereocenters. The fourth-order valence-electron chi connectivity index (χ4n) is 0.250. The molecule has 48 valence electrons. The average Bonchev–Trinajstić information content (AvgIpc) is 1.87. The molecule has 0 atom stereocenters. The van der Waals surface area contributed by atoms with Crippen LogP contribution in [0.1, 0.15) is 13.8 Å². The number of amides is 1. The van der Waals surface area contributed by atoms with E-state index in [9.17, 15) is 9.59 Å². The fraction of sp³-hybridized carbons (Fsp3) is 0.333. The van der Waals surface area contributed by atoms with Crippen LogP contribution in [0.5, 0.6) is 0 Å². The van der Waals surface area contributed by atoms with E-state index in [1.165, 1.54) is 0 Å². The van der Waals surface area contributed by atoms with Crippen molar-refractivity contribution in [2.45, 2.75) is 13.8 Å². The summed E-state index contributed by atoms with van der Waals surface area (Å²) >= 11 is 0. The molecule has 0 saturated carbocycles. The van der Waals surface area contributed by atoms with Gasteiger partial charge in [-0.1, -0.05) is 0 Å². The zero-order valence-corrected chi connectivity index (χ0v) is 5.34. The minimum atomic E-state index is 0.363. The second kappa shape index (κ2) is 3.75. The van der Waals surface area contributed by atoms with Crippen molar-refractivity contribution < 1.29 is 9.59 Å². The number of carbonyl (C=O) groups excluding carboxylic acids is 2. The predicted octanol–water partition coefficient (Wildman–Crippen LogP) is 0.382. The van der Waals surface area contributed by atoms with E-state index in [1.807, 2.05) is 0 Å². The van der Waals surface area contributed by atoms with Gasteiger partial charge in [0, 0.05) is 0 Å². The maximum atomic E-state index is 9.86. The lowest BCUT2D eigenvalue weighted by atomic mass is 10.2. The van der Waals surface area contributed by atoms with Crippen LogP contribution in [0.15, 0.2) is 10.6 Å². The molecule has 0 radical (unpaired) electrons. The average molecular weight is 125 g/mol. The molecule has 3 heteroatoms. The summed E-state index contributed by atoms with van der Waals surface area (Å²) in [7, 11) is 0. The Morgan fingerprint density at radius 2 is 2.11 bits per heavy atom. The molecule has 0 N–H and O–H groups in total. The predicted molar refractivity (Wildman–Crippen MR) is 34.1 cm³/mol. The van der Waals surface area contributed by atoms with Crippen molar-refractivity contribution in [3.63, 3.8) is 0 Å². The van der Waals surface area contributed by atoms with E-state index in [0.29, 0.717) is 17.7 Å². The number of hydrogen-bond donors (Lipinski definition) is 0. The molecule has 0 saturated heterocycles. The summed E-state index contributed by atoms with van der Waals surface area (Å²) in [4.78, 5) is 22.9. The summed E-state index contributed by atoms with van der Waals surface area (Å²) < 4.78 is 0. The zero-order valence-electron chi connectivity index (χ0n) is 5.34. The molecule has 1 amide bonds. The normalized spacial score (nSPS) is 10.2. The van der Waals surface area contributed by atoms with Crippen LogP contribution in [0.3, 0.4) is 0 Å². The lowest BCUT2D eigenvalue weighted by Gasteiger charge is -1.87. The second-order valence-electron chi connectivity index (χ2n) is 1.55.